The third-order valence-corrected chi connectivity index (χ3v) is 6.38. The standard InChI is InChI=1S/C22H25N2O3PS/c1-3-26-28(2)27-13-12-16-6-8-17(9-7-16)22(25)24-20-15-18(10-11-19(20)23)21-5-4-14-29-21/h4-11,14-15H,3,12-13,23H2,1-2H3,(H,24,25). The monoisotopic (exact) mass is 428 g/mol. The summed E-state index contributed by atoms with van der Waals surface area (Å²) in [6, 6.07) is 17.3. The van der Waals surface area contributed by atoms with E-state index >= 15 is 0 Å². The molecule has 2 aromatic carbocycles. The molecule has 7 heteroatoms. The fourth-order valence-electron chi connectivity index (χ4n) is 2.79. The first-order valence-corrected chi connectivity index (χ1v) is 11.9. The molecule has 0 saturated heterocycles. The Bertz CT molecular complexity index is 930. The van der Waals surface area contributed by atoms with Crippen molar-refractivity contribution in [1.29, 1.82) is 0 Å². The molecule has 1 atom stereocenters. The predicted octanol–water partition coefficient (Wildman–Crippen LogP) is 5.79. The van der Waals surface area contributed by atoms with Crippen molar-refractivity contribution in [2.24, 2.45) is 0 Å². The molecule has 0 aliphatic rings. The highest BCUT2D eigenvalue weighted by molar-refractivity contribution is 7.46. The van der Waals surface area contributed by atoms with Gasteiger partial charge >= 0.3 is 0 Å². The largest absolute Gasteiger partial charge is 0.397 e. The Balaban J connectivity index is 1.60. The zero-order valence-corrected chi connectivity index (χ0v) is 18.3. The molecule has 29 heavy (non-hydrogen) atoms. The molecule has 0 radical (unpaired) electrons. The van der Waals surface area contributed by atoms with Gasteiger partial charge in [0, 0.05) is 17.1 Å². The summed E-state index contributed by atoms with van der Waals surface area (Å²) in [5.74, 6) is -0.184. The number of anilines is 2. The summed E-state index contributed by atoms with van der Waals surface area (Å²) < 4.78 is 11.1. The maximum absolute atomic E-state index is 12.6. The van der Waals surface area contributed by atoms with Gasteiger partial charge in [-0.15, -0.1) is 11.3 Å². The summed E-state index contributed by atoms with van der Waals surface area (Å²) in [6.07, 6.45) is 0.775. The third kappa shape index (κ3) is 6.12. The molecule has 1 aromatic heterocycles. The average molecular weight is 428 g/mol. The fraction of sp³-hybridized carbons (Fsp3) is 0.227. The first kappa shape index (κ1) is 21.5. The number of hydrogen-bond acceptors (Lipinski definition) is 5. The minimum atomic E-state index is -0.817. The van der Waals surface area contributed by atoms with Gasteiger partial charge in [0.1, 0.15) is 0 Å². The lowest BCUT2D eigenvalue weighted by atomic mass is 10.1. The van der Waals surface area contributed by atoms with Crippen molar-refractivity contribution in [3.05, 3.63) is 71.1 Å². The minimum Gasteiger partial charge on any atom is -0.397 e. The van der Waals surface area contributed by atoms with E-state index in [9.17, 15) is 4.79 Å². The maximum Gasteiger partial charge on any atom is 0.255 e. The second-order valence-corrected chi connectivity index (χ2v) is 8.71. The first-order chi connectivity index (χ1) is 14.1. The lowest BCUT2D eigenvalue weighted by Crippen LogP contribution is -2.13. The van der Waals surface area contributed by atoms with Crippen molar-refractivity contribution in [2.75, 3.05) is 30.9 Å². The zero-order chi connectivity index (χ0) is 20.6. The van der Waals surface area contributed by atoms with Crippen LogP contribution >= 0.6 is 19.7 Å². The Morgan fingerprint density at radius 3 is 2.62 bits per heavy atom. The smallest absolute Gasteiger partial charge is 0.255 e. The highest BCUT2D eigenvalue weighted by Crippen LogP contribution is 2.33. The molecular weight excluding hydrogens is 403 g/mol. The highest BCUT2D eigenvalue weighted by atomic mass is 32.1. The summed E-state index contributed by atoms with van der Waals surface area (Å²) in [7, 11) is -0.817. The number of hydrogen-bond donors (Lipinski definition) is 2. The van der Waals surface area contributed by atoms with Crippen LogP contribution in [0.5, 0.6) is 0 Å². The number of thiophene rings is 1. The fourth-order valence-corrected chi connectivity index (χ4v) is 4.30. The van der Waals surface area contributed by atoms with Gasteiger partial charge in [-0.3, -0.25) is 4.79 Å². The maximum atomic E-state index is 12.6. The van der Waals surface area contributed by atoms with Crippen LogP contribution in [0.4, 0.5) is 11.4 Å². The third-order valence-electron chi connectivity index (χ3n) is 4.30. The number of rotatable bonds is 9. The molecule has 1 amide bonds. The summed E-state index contributed by atoms with van der Waals surface area (Å²) >= 11 is 1.65. The molecule has 3 rings (SSSR count). The van der Waals surface area contributed by atoms with Crippen molar-refractivity contribution in [3.63, 3.8) is 0 Å². The van der Waals surface area contributed by atoms with E-state index in [1.54, 1.807) is 11.3 Å². The SMILES string of the molecule is CCOP(C)OCCc1ccc(C(=O)Nc2cc(-c3cccs3)ccc2N)cc1. The van der Waals surface area contributed by atoms with Gasteiger partial charge in [0.2, 0.25) is 0 Å². The Morgan fingerprint density at radius 2 is 1.93 bits per heavy atom. The topological polar surface area (TPSA) is 73.6 Å². The van der Waals surface area contributed by atoms with E-state index in [-0.39, 0.29) is 5.91 Å². The van der Waals surface area contributed by atoms with E-state index in [1.807, 2.05) is 73.6 Å². The van der Waals surface area contributed by atoms with Gasteiger partial charge in [-0.25, -0.2) is 0 Å². The minimum absolute atomic E-state index is 0.184. The molecule has 3 aromatic rings. The lowest BCUT2D eigenvalue weighted by Gasteiger charge is -2.12. The van der Waals surface area contributed by atoms with Gasteiger partial charge in [0.15, 0.2) is 8.38 Å². The Morgan fingerprint density at radius 1 is 1.14 bits per heavy atom. The molecule has 0 saturated carbocycles. The highest BCUT2D eigenvalue weighted by Gasteiger charge is 2.10. The van der Waals surface area contributed by atoms with Crippen LogP contribution in [-0.2, 0) is 15.5 Å². The van der Waals surface area contributed by atoms with Crippen LogP contribution in [0.15, 0.2) is 60.0 Å². The summed E-state index contributed by atoms with van der Waals surface area (Å²) in [6.45, 7) is 5.16. The first-order valence-electron chi connectivity index (χ1n) is 9.40. The lowest BCUT2D eigenvalue weighted by molar-refractivity contribution is 0.102. The zero-order valence-electron chi connectivity index (χ0n) is 16.6. The second kappa shape index (κ2) is 10.5. The summed E-state index contributed by atoms with van der Waals surface area (Å²) in [4.78, 5) is 13.8. The predicted molar refractivity (Wildman–Crippen MR) is 123 cm³/mol. The van der Waals surface area contributed by atoms with Crippen molar-refractivity contribution in [3.8, 4) is 10.4 Å². The molecule has 1 unspecified atom stereocenters. The summed E-state index contributed by atoms with van der Waals surface area (Å²) in [5.41, 5.74) is 9.94. The molecule has 152 valence electrons. The van der Waals surface area contributed by atoms with Crippen molar-refractivity contribution in [2.45, 2.75) is 13.3 Å². The Kier molecular flexibility index (Phi) is 7.78. The normalized spacial score (nSPS) is 11.9. The van der Waals surface area contributed by atoms with Gasteiger partial charge < -0.3 is 20.1 Å². The van der Waals surface area contributed by atoms with Crippen molar-refractivity contribution < 1.29 is 13.8 Å². The molecule has 0 fully saturated rings. The van der Waals surface area contributed by atoms with Gasteiger partial charge in [0.25, 0.3) is 5.91 Å². The van der Waals surface area contributed by atoms with Gasteiger partial charge in [0.05, 0.1) is 24.6 Å². The van der Waals surface area contributed by atoms with Gasteiger partial charge in [-0.1, -0.05) is 24.3 Å². The van der Waals surface area contributed by atoms with Crippen LogP contribution in [0.3, 0.4) is 0 Å². The van der Waals surface area contributed by atoms with Crippen LogP contribution < -0.4 is 11.1 Å². The number of amides is 1. The number of benzene rings is 2. The van der Waals surface area contributed by atoms with E-state index in [1.165, 1.54) is 0 Å². The van der Waals surface area contributed by atoms with Crippen LogP contribution in [0.1, 0.15) is 22.8 Å². The quantitative estimate of drug-likeness (QED) is 0.334. The van der Waals surface area contributed by atoms with Crippen LogP contribution in [0, 0.1) is 0 Å². The molecule has 0 aliphatic heterocycles. The molecule has 0 spiro atoms. The van der Waals surface area contributed by atoms with E-state index in [0.717, 1.165) is 22.4 Å². The number of carbonyl (C=O) groups is 1. The van der Waals surface area contributed by atoms with Crippen molar-refractivity contribution in [1.82, 2.24) is 0 Å². The molecular formula is C22H25N2O3PS. The second-order valence-electron chi connectivity index (χ2n) is 6.37. The van der Waals surface area contributed by atoms with E-state index in [0.29, 0.717) is 30.2 Å². The van der Waals surface area contributed by atoms with Gasteiger partial charge in [-0.05, 0) is 60.2 Å². The van der Waals surface area contributed by atoms with Crippen LogP contribution in [0.2, 0.25) is 0 Å². The number of carbonyl (C=O) groups excluding carboxylic acids is 1. The number of nitrogens with two attached hydrogens (primary N) is 1. The van der Waals surface area contributed by atoms with Gasteiger partial charge in [-0.2, -0.15) is 0 Å². The molecule has 1 heterocycles. The Hall–Kier alpha value is -2.24. The number of nitrogens with one attached hydrogen (secondary N) is 1. The molecule has 0 aliphatic carbocycles. The van der Waals surface area contributed by atoms with Crippen molar-refractivity contribution >= 4 is 37.0 Å². The molecule has 0 bridgehead atoms. The van der Waals surface area contributed by atoms with E-state index < -0.39 is 8.38 Å². The van der Waals surface area contributed by atoms with Crippen LogP contribution in [0.25, 0.3) is 10.4 Å². The van der Waals surface area contributed by atoms with E-state index in [2.05, 4.69) is 5.32 Å². The Labute approximate surface area is 176 Å². The molecule has 5 nitrogen and oxygen atoms in total. The van der Waals surface area contributed by atoms with Crippen LogP contribution in [-0.4, -0.2) is 25.8 Å². The number of nitrogen functional groups attached to an aromatic ring is 1. The van der Waals surface area contributed by atoms with E-state index in [4.69, 9.17) is 14.8 Å². The summed E-state index contributed by atoms with van der Waals surface area (Å²) in [5, 5.41) is 4.95. The molecule has 3 N–H and O–H groups in total. The average Bonchev–Trinajstić information content (AvgIpc) is 3.25.